The largest absolute Gasteiger partial charge is 0.444 e. The number of halogens is 1. The maximum atomic E-state index is 5.57. The van der Waals surface area contributed by atoms with Crippen LogP contribution in [0.4, 0.5) is 0 Å². The molecule has 0 atom stereocenters. The average molecular weight is 496 g/mol. The molecule has 144 valence electrons. The Bertz CT molecular complexity index is 844. The summed E-state index contributed by atoms with van der Waals surface area (Å²) in [4.78, 5) is 10.2. The van der Waals surface area contributed by atoms with E-state index in [1.54, 1.807) is 24.6 Å². The molecule has 0 radical (unpaired) electrons. The van der Waals surface area contributed by atoms with Gasteiger partial charge in [-0.25, -0.2) is 4.98 Å². The molecule has 2 aromatic heterocycles. The molecular weight excluding hydrogens is 471 g/mol. The number of oxazole rings is 1. The summed E-state index contributed by atoms with van der Waals surface area (Å²) < 4.78 is 5.57. The van der Waals surface area contributed by atoms with Crippen LogP contribution in [0.1, 0.15) is 24.4 Å². The predicted molar refractivity (Wildman–Crippen MR) is 123 cm³/mol. The van der Waals surface area contributed by atoms with Crippen molar-refractivity contribution in [1.29, 1.82) is 0 Å². The Morgan fingerprint density at radius 2 is 1.93 bits per heavy atom. The molecular formula is C20H25IN4OS. The van der Waals surface area contributed by atoms with Gasteiger partial charge in [0.25, 0.3) is 0 Å². The Balaban J connectivity index is 0.00000261. The van der Waals surface area contributed by atoms with E-state index in [0.717, 1.165) is 23.8 Å². The topological polar surface area (TPSA) is 62.5 Å². The van der Waals surface area contributed by atoms with Crippen LogP contribution in [0.5, 0.6) is 0 Å². The van der Waals surface area contributed by atoms with Crippen molar-refractivity contribution in [2.24, 2.45) is 4.99 Å². The van der Waals surface area contributed by atoms with Gasteiger partial charge in [-0.15, -0.1) is 35.3 Å². The van der Waals surface area contributed by atoms with Gasteiger partial charge in [-0.1, -0.05) is 38.1 Å². The fraction of sp³-hybridized carbons (Fsp3) is 0.300. The minimum absolute atomic E-state index is 0. The Kier molecular flexibility index (Phi) is 7.85. The number of hydrogen-bond donors (Lipinski definition) is 2. The summed E-state index contributed by atoms with van der Waals surface area (Å²) in [6.07, 6.45) is 1.68. The predicted octanol–water partition coefficient (Wildman–Crippen LogP) is 4.66. The summed E-state index contributed by atoms with van der Waals surface area (Å²) in [7, 11) is 1.77. The van der Waals surface area contributed by atoms with Crippen molar-refractivity contribution in [3.63, 3.8) is 0 Å². The van der Waals surface area contributed by atoms with Gasteiger partial charge in [-0.3, -0.25) is 4.99 Å². The first kappa shape index (κ1) is 21.4. The van der Waals surface area contributed by atoms with Crippen LogP contribution in [-0.2, 0) is 12.0 Å². The Hall–Kier alpha value is -1.87. The zero-order chi connectivity index (χ0) is 18.4. The fourth-order valence-electron chi connectivity index (χ4n) is 2.55. The van der Waals surface area contributed by atoms with Crippen LogP contribution in [-0.4, -0.2) is 24.5 Å². The van der Waals surface area contributed by atoms with Crippen molar-refractivity contribution in [2.75, 3.05) is 13.6 Å². The van der Waals surface area contributed by atoms with E-state index < -0.39 is 0 Å². The van der Waals surface area contributed by atoms with E-state index in [0.29, 0.717) is 12.4 Å². The number of aliphatic imine (C=N–C) groups is 1. The summed E-state index contributed by atoms with van der Waals surface area (Å²) in [5.41, 5.74) is 1.85. The van der Waals surface area contributed by atoms with Gasteiger partial charge >= 0.3 is 0 Å². The van der Waals surface area contributed by atoms with Crippen LogP contribution in [0, 0.1) is 0 Å². The first-order valence-corrected chi connectivity index (χ1v) is 9.45. The summed E-state index contributed by atoms with van der Waals surface area (Å²) in [6, 6.07) is 14.1. The zero-order valence-corrected chi connectivity index (χ0v) is 18.9. The summed E-state index contributed by atoms with van der Waals surface area (Å²) in [5.74, 6) is 1.38. The third-order valence-corrected chi connectivity index (χ3v) is 5.35. The summed E-state index contributed by atoms with van der Waals surface area (Å²) in [5, 5.41) is 8.79. The molecule has 3 rings (SSSR count). The van der Waals surface area contributed by atoms with Gasteiger partial charge in [0, 0.05) is 29.4 Å². The van der Waals surface area contributed by atoms with Gasteiger partial charge in [0.05, 0.1) is 12.2 Å². The minimum Gasteiger partial charge on any atom is -0.444 e. The highest BCUT2D eigenvalue weighted by atomic mass is 127. The molecule has 0 bridgehead atoms. The molecule has 0 aliphatic carbocycles. The molecule has 0 amide bonds. The van der Waals surface area contributed by atoms with E-state index in [1.165, 1.54) is 4.88 Å². The van der Waals surface area contributed by atoms with Gasteiger partial charge in [-0.2, -0.15) is 0 Å². The van der Waals surface area contributed by atoms with Crippen LogP contribution >= 0.6 is 35.3 Å². The van der Waals surface area contributed by atoms with E-state index in [1.807, 2.05) is 30.3 Å². The van der Waals surface area contributed by atoms with Crippen LogP contribution in [0.25, 0.3) is 11.5 Å². The minimum atomic E-state index is 0. The maximum absolute atomic E-state index is 5.57. The van der Waals surface area contributed by atoms with Gasteiger partial charge in [0.15, 0.2) is 5.96 Å². The molecule has 2 N–H and O–H groups in total. The number of benzene rings is 1. The number of nitrogens with one attached hydrogen (secondary N) is 2. The van der Waals surface area contributed by atoms with Crippen molar-refractivity contribution >= 4 is 41.3 Å². The second-order valence-electron chi connectivity index (χ2n) is 6.65. The molecule has 0 aliphatic heterocycles. The summed E-state index contributed by atoms with van der Waals surface area (Å²) in [6.45, 7) is 5.79. The lowest BCUT2D eigenvalue weighted by Gasteiger charge is -2.24. The third-order valence-electron chi connectivity index (χ3n) is 4.12. The number of thiophene rings is 1. The van der Waals surface area contributed by atoms with Crippen molar-refractivity contribution < 1.29 is 4.42 Å². The molecule has 2 heterocycles. The molecule has 0 aliphatic rings. The lowest BCUT2D eigenvalue weighted by molar-refractivity contribution is 0.518. The first-order chi connectivity index (χ1) is 12.6. The van der Waals surface area contributed by atoms with Crippen molar-refractivity contribution in [1.82, 2.24) is 15.6 Å². The van der Waals surface area contributed by atoms with Crippen molar-refractivity contribution in [3.05, 3.63) is 64.7 Å². The SMILES string of the molecule is CN=C(NCc1coc(-c2ccccc2)n1)NCC(C)(C)c1cccs1.I. The van der Waals surface area contributed by atoms with Gasteiger partial charge in [0.1, 0.15) is 6.26 Å². The van der Waals surface area contributed by atoms with Gasteiger partial charge < -0.3 is 15.1 Å². The molecule has 0 spiro atoms. The highest BCUT2D eigenvalue weighted by Crippen LogP contribution is 2.26. The first-order valence-electron chi connectivity index (χ1n) is 8.57. The molecule has 0 unspecified atom stereocenters. The number of guanidine groups is 1. The number of rotatable bonds is 6. The number of nitrogens with zero attached hydrogens (tertiary/aromatic N) is 2. The molecule has 0 saturated carbocycles. The molecule has 5 nitrogen and oxygen atoms in total. The lowest BCUT2D eigenvalue weighted by atomic mass is 9.91. The van der Waals surface area contributed by atoms with E-state index >= 15 is 0 Å². The van der Waals surface area contributed by atoms with E-state index in [4.69, 9.17) is 4.42 Å². The van der Waals surface area contributed by atoms with Crippen molar-refractivity contribution in [2.45, 2.75) is 25.8 Å². The van der Waals surface area contributed by atoms with Crippen LogP contribution in [0.2, 0.25) is 0 Å². The van der Waals surface area contributed by atoms with E-state index in [2.05, 4.69) is 52.0 Å². The Labute approximate surface area is 181 Å². The number of aromatic nitrogens is 1. The molecule has 27 heavy (non-hydrogen) atoms. The second-order valence-corrected chi connectivity index (χ2v) is 7.60. The standard InChI is InChI=1S/C20H24N4OS.HI/c1-20(2,17-10-7-11-26-17)14-23-19(21-3)22-12-16-13-25-18(24-16)15-8-5-4-6-9-15;/h4-11,13H,12,14H2,1-3H3,(H2,21,22,23);1H. The highest BCUT2D eigenvalue weighted by molar-refractivity contribution is 14.0. The van der Waals surface area contributed by atoms with Crippen LogP contribution in [0.15, 0.2) is 63.5 Å². The highest BCUT2D eigenvalue weighted by Gasteiger charge is 2.22. The Morgan fingerprint density at radius 1 is 1.15 bits per heavy atom. The van der Waals surface area contributed by atoms with E-state index in [9.17, 15) is 0 Å². The quantitative estimate of drug-likeness (QED) is 0.296. The smallest absolute Gasteiger partial charge is 0.226 e. The molecule has 7 heteroatoms. The maximum Gasteiger partial charge on any atom is 0.226 e. The monoisotopic (exact) mass is 496 g/mol. The lowest BCUT2D eigenvalue weighted by Crippen LogP contribution is -2.43. The third kappa shape index (κ3) is 5.80. The summed E-state index contributed by atoms with van der Waals surface area (Å²) >= 11 is 1.78. The van der Waals surface area contributed by atoms with Crippen molar-refractivity contribution in [3.8, 4) is 11.5 Å². The van der Waals surface area contributed by atoms with Crippen LogP contribution < -0.4 is 10.6 Å². The Morgan fingerprint density at radius 3 is 2.59 bits per heavy atom. The zero-order valence-electron chi connectivity index (χ0n) is 15.7. The molecule has 0 saturated heterocycles. The molecule has 3 aromatic rings. The molecule has 1 aromatic carbocycles. The van der Waals surface area contributed by atoms with Gasteiger partial charge in [0.2, 0.25) is 5.89 Å². The van der Waals surface area contributed by atoms with Gasteiger partial charge in [-0.05, 0) is 23.6 Å². The van der Waals surface area contributed by atoms with Crippen LogP contribution in [0.3, 0.4) is 0 Å². The molecule has 0 fully saturated rings. The average Bonchev–Trinajstić information content (AvgIpc) is 3.35. The van der Waals surface area contributed by atoms with E-state index in [-0.39, 0.29) is 29.4 Å². The second kappa shape index (κ2) is 9.89. The normalized spacial score (nSPS) is 11.7. The number of hydrogen-bond acceptors (Lipinski definition) is 4. The fourth-order valence-corrected chi connectivity index (χ4v) is 3.40.